The van der Waals surface area contributed by atoms with Gasteiger partial charge in [0.1, 0.15) is 18.2 Å². The van der Waals surface area contributed by atoms with Gasteiger partial charge in [0.05, 0.1) is 10.6 Å². The van der Waals surface area contributed by atoms with Gasteiger partial charge in [-0.3, -0.25) is 0 Å². The van der Waals surface area contributed by atoms with Crippen LogP contribution >= 0.6 is 11.6 Å². The van der Waals surface area contributed by atoms with Crippen LogP contribution in [0.15, 0.2) is 30.6 Å². The molecule has 2 aromatic heterocycles. The number of hydrogen-bond acceptors (Lipinski definition) is 6. The SMILES string of the molecule is Cc1cc(N2CCN(c3ccc(C#N)c(Cl)c3)CC2)n2ncnc2n1. The standard InChI is InChI=1S/C17H16ClN7/c1-12-8-16(25-17(22-12)20-11-21-25)24-6-4-23(5-7-24)14-3-2-13(10-19)15(18)9-14/h2-3,8-9,11H,4-7H2,1H3. The zero-order chi connectivity index (χ0) is 17.4. The third-order valence-corrected chi connectivity index (χ3v) is 4.72. The normalized spacial score (nSPS) is 14.8. The van der Waals surface area contributed by atoms with E-state index in [0.29, 0.717) is 16.4 Å². The monoisotopic (exact) mass is 353 g/mol. The molecule has 1 fully saturated rings. The molecule has 0 unspecified atom stereocenters. The zero-order valence-corrected chi connectivity index (χ0v) is 14.5. The lowest BCUT2D eigenvalue weighted by molar-refractivity contribution is 0.638. The molecule has 126 valence electrons. The molecule has 0 radical (unpaired) electrons. The van der Waals surface area contributed by atoms with Crippen LogP contribution in [0.5, 0.6) is 0 Å². The molecule has 4 rings (SSSR count). The lowest BCUT2D eigenvalue weighted by atomic mass is 10.2. The van der Waals surface area contributed by atoms with Crippen molar-refractivity contribution in [2.24, 2.45) is 0 Å². The number of nitrogens with zero attached hydrogens (tertiary/aromatic N) is 7. The molecule has 0 amide bonds. The van der Waals surface area contributed by atoms with Crippen molar-refractivity contribution in [2.75, 3.05) is 36.0 Å². The number of aryl methyl sites for hydroxylation is 1. The lowest BCUT2D eigenvalue weighted by Crippen LogP contribution is -2.47. The van der Waals surface area contributed by atoms with Gasteiger partial charge in [0, 0.05) is 43.6 Å². The Morgan fingerprint density at radius 2 is 1.88 bits per heavy atom. The van der Waals surface area contributed by atoms with Gasteiger partial charge in [-0.05, 0) is 25.1 Å². The van der Waals surface area contributed by atoms with Crippen LogP contribution < -0.4 is 9.80 Å². The van der Waals surface area contributed by atoms with Crippen LogP contribution in [-0.4, -0.2) is 45.8 Å². The van der Waals surface area contributed by atoms with Crippen molar-refractivity contribution in [1.29, 1.82) is 5.26 Å². The van der Waals surface area contributed by atoms with E-state index in [1.807, 2.05) is 25.1 Å². The third kappa shape index (κ3) is 2.85. The fourth-order valence-electron chi connectivity index (χ4n) is 3.12. The Bertz CT molecular complexity index is 967. The smallest absolute Gasteiger partial charge is 0.254 e. The van der Waals surface area contributed by atoms with E-state index in [2.05, 4.69) is 30.9 Å². The summed E-state index contributed by atoms with van der Waals surface area (Å²) in [6.07, 6.45) is 1.53. The van der Waals surface area contributed by atoms with Gasteiger partial charge in [0.15, 0.2) is 0 Å². The molecule has 1 aliphatic heterocycles. The zero-order valence-electron chi connectivity index (χ0n) is 13.7. The second-order valence-corrected chi connectivity index (χ2v) is 6.38. The van der Waals surface area contributed by atoms with Crippen LogP contribution in [0, 0.1) is 18.3 Å². The average molecular weight is 354 g/mol. The van der Waals surface area contributed by atoms with Gasteiger partial charge in [0.2, 0.25) is 0 Å². The summed E-state index contributed by atoms with van der Waals surface area (Å²) in [5.74, 6) is 1.63. The van der Waals surface area contributed by atoms with Crippen LogP contribution in [0.25, 0.3) is 5.78 Å². The van der Waals surface area contributed by atoms with E-state index in [4.69, 9.17) is 16.9 Å². The number of piperazine rings is 1. The van der Waals surface area contributed by atoms with Gasteiger partial charge < -0.3 is 9.80 Å². The van der Waals surface area contributed by atoms with Crippen molar-refractivity contribution in [3.8, 4) is 6.07 Å². The summed E-state index contributed by atoms with van der Waals surface area (Å²) in [5.41, 5.74) is 2.47. The number of halogens is 1. The van der Waals surface area contributed by atoms with E-state index in [-0.39, 0.29) is 0 Å². The van der Waals surface area contributed by atoms with Gasteiger partial charge in [-0.1, -0.05) is 11.6 Å². The molecule has 8 heteroatoms. The highest BCUT2D eigenvalue weighted by Crippen LogP contribution is 2.25. The van der Waals surface area contributed by atoms with Crippen molar-refractivity contribution in [3.05, 3.63) is 46.9 Å². The van der Waals surface area contributed by atoms with Gasteiger partial charge >= 0.3 is 0 Å². The van der Waals surface area contributed by atoms with Crippen molar-refractivity contribution >= 4 is 28.9 Å². The van der Waals surface area contributed by atoms with Gasteiger partial charge in [0.25, 0.3) is 5.78 Å². The maximum Gasteiger partial charge on any atom is 0.254 e. The lowest BCUT2D eigenvalue weighted by Gasteiger charge is -2.37. The van der Waals surface area contributed by atoms with E-state index in [1.165, 1.54) is 6.33 Å². The van der Waals surface area contributed by atoms with Gasteiger partial charge in [-0.15, -0.1) is 0 Å². The average Bonchev–Trinajstić information content (AvgIpc) is 3.09. The largest absolute Gasteiger partial charge is 0.368 e. The molecule has 0 bridgehead atoms. The minimum absolute atomic E-state index is 0.497. The number of anilines is 2. The first kappa shape index (κ1) is 15.7. The van der Waals surface area contributed by atoms with Crippen LogP contribution in [0.1, 0.15) is 11.3 Å². The van der Waals surface area contributed by atoms with E-state index in [1.54, 1.807) is 10.6 Å². The third-order valence-electron chi connectivity index (χ3n) is 4.40. The molecular weight excluding hydrogens is 338 g/mol. The Kier molecular flexibility index (Phi) is 3.90. The molecule has 0 aliphatic carbocycles. The van der Waals surface area contributed by atoms with E-state index >= 15 is 0 Å². The number of rotatable bonds is 2. The van der Waals surface area contributed by atoms with E-state index < -0.39 is 0 Å². The van der Waals surface area contributed by atoms with E-state index in [0.717, 1.165) is 43.4 Å². The first-order valence-corrected chi connectivity index (χ1v) is 8.40. The number of nitriles is 1. The van der Waals surface area contributed by atoms with Crippen molar-refractivity contribution in [3.63, 3.8) is 0 Å². The second kappa shape index (κ2) is 6.22. The maximum absolute atomic E-state index is 9.00. The van der Waals surface area contributed by atoms with Crippen molar-refractivity contribution in [2.45, 2.75) is 6.92 Å². The maximum atomic E-state index is 9.00. The molecule has 1 saturated heterocycles. The fraction of sp³-hybridized carbons (Fsp3) is 0.294. The van der Waals surface area contributed by atoms with Crippen LogP contribution in [-0.2, 0) is 0 Å². The Balaban J connectivity index is 1.54. The Morgan fingerprint density at radius 1 is 1.12 bits per heavy atom. The molecule has 1 aliphatic rings. The molecule has 7 nitrogen and oxygen atoms in total. The van der Waals surface area contributed by atoms with Gasteiger partial charge in [-0.2, -0.15) is 19.9 Å². The summed E-state index contributed by atoms with van der Waals surface area (Å²) in [6, 6.07) is 9.72. The molecule has 0 N–H and O–H groups in total. The number of aromatic nitrogens is 4. The molecular formula is C17H16ClN7. The topological polar surface area (TPSA) is 73.3 Å². The molecule has 25 heavy (non-hydrogen) atoms. The molecule has 0 spiro atoms. The fourth-order valence-corrected chi connectivity index (χ4v) is 3.34. The predicted molar refractivity (Wildman–Crippen MR) is 96.1 cm³/mol. The van der Waals surface area contributed by atoms with Crippen molar-refractivity contribution < 1.29 is 0 Å². The highest BCUT2D eigenvalue weighted by molar-refractivity contribution is 6.32. The molecule has 0 saturated carbocycles. The first-order chi connectivity index (χ1) is 12.2. The summed E-state index contributed by atoms with van der Waals surface area (Å²) in [7, 11) is 0. The van der Waals surface area contributed by atoms with Crippen LogP contribution in [0.2, 0.25) is 5.02 Å². The number of hydrogen-bond donors (Lipinski definition) is 0. The Morgan fingerprint density at radius 3 is 2.60 bits per heavy atom. The summed E-state index contributed by atoms with van der Waals surface area (Å²) in [5, 5.41) is 13.8. The van der Waals surface area contributed by atoms with E-state index in [9.17, 15) is 0 Å². The summed E-state index contributed by atoms with van der Waals surface area (Å²) >= 11 is 6.16. The number of benzene rings is 1. The molecule has 3 heterocycles. The summed E-state index contributed by atoms with van der Waals surface area (Å²) in [4.78, 5) is 13.1. The predicted octanol–water partition coefficient (Wildman–Crippen LogP) is 2.28. The molecule has 0 atom stereocenters. The Labute approximate surface area is 150 Å². The quantitative estimate of drug-likeness (QED) is 0.703. The summed E-state index contributed by atoms with van der Waals surface area (Å²) < 4.78 is 1.78. The first-order valence-electron chi connectivity index (χ1n) is 8.02. The van der Waals surface area contributed by atoms with Gasteiger partial charge in [-0.25, -0.2) is 4.98 Å². The molecule has 3 aromatic rings. The van der Waals surface area contributed by atoms with Crippen LogP contribution in [0.3, 0.4) is 0 Å². The summed E-state index contributed by atoms with van der Waals surface area (Å²) in [6.45, 7) is 5.40. The number of fused-ring (bicyclic) bond motifs is 1. The minimum Gasteiger partial charge on any atom is -0.368 e. The Hall–Kier alpha value is -2.85. The van der Waals surface area contributed by atoms with Crippen molar-refractivity contribution in [1.82, 2.24) is 19.6 Å². The van der Waals surface area contributed by atoms with Crippen LogP contribution in [0.4, 0.5) is 11.5 Å². The molecule has 1 aromatic carbocycles. The second-order valence-electron chi connectivity index (χ2n) is 5.98. The minimum atomic E-state index is 0.497. The highest BCUT2D eigenvalue weighted by Gasteiger charge is 2.21. The highest BCUT2D eigenvalue weighted by atomic mass is 35.5.